The van der Waals surface area contributed by atoms with E-state index in [1.54, 1.807) is 44.2 Å². The molecule has 0 fully saturated rings. The van der Waals surface area contributed by atoms with Gasteiger partial charge in [0.2, 0.25) is 5.91 Å². The van der Waals surface area contributed by atoms with Crippen LogP contribution in [-0.2, 0) is 10.5 Å². The van der Waals surface area contributed by atoms with Gasteiger partial charge in [-0.3, -0.25) is 4.79 Å². The van der Waals surface area contributed by atoms with Crippen LogP contribution >= 0.6 is 23.4 Å². The molecule has 0 aliphatic rings. The monoisotopic (exact) mass is 365 g/mol. The highest BCUT2D eigenvalue weighted by Crippen LogP contribution is 2.30. The molecule has 0 aliphatic heterocycles. The summed E-state index contributed by atoms with van der Waals surface area (Å²) in [5, 5.41) is 3.42. The maximum absolute atomic E-state index is 12.3. The molecule has 0 unspecified atom stereocenters. The molecule has 1 amide bonds. The Morgan fingerprint density at radius 1 is 1.12 bits per heavy atom. The van der Waals surface area contributed by atoms with Crippen LogP contribution in [-0.4, -0.2) is 25.4 Å². The zero-order valence-corrected chi connectivity index (χ0v) is 15.4. The van der Waals surface area contributed by atoms with Crippen LogP contribution in [0.15, 0.2) is 42.5 Å². The molecular formula is C18H20ClNO3S. The first kappa shape index (κ1) is 18.5. The van der Waals surface area contributed by atoms with E-state index >= 15 is 0 Å². The number of methoxy groups -OCH3 is 2. The number of anilines is 1. The summed E-state index contributed by atoms with van der Waals surface area (Å²) >= 11 is 7.44. The molecule has 1 N–H and O–H groups in total. The fourth-order valence-electron chi connectivity index (χ4n) is 2.04. The van der Waals surface area contributed by atoms with Gasteiger partial charge in [-0.1, -0.05) is 23.7 Å². The molecule has 0 bridgehead atoms. The van der Waals surface area contributed by atoms with Gasteiger partial charge in [-0.2, -0.15) is 0 Å². The van der Waals surface area contributed by atoms with Crippen molar-refractivity contribution in [2.75, 3.05) is 19.5 Å². The standard InChI is InChI=1S/C18H20ClNO3S/c1-12(24-11-13-4-6-14(19)7-5-13)18(21)20-15-8-9-16(22-2)17(10-15)23-3/h4-10,12H,11H2,1-3H3,(H,20,21)/t12-/m1/s1. The summed E-state index contributed by atoms with van der Waals surface area (Å²) in [6.07, 6.45) is 0. The van der Waals surface area contributed by atoms with Crippen LogP contribution in [0, 0.1) is 0 Å². The quantitative estimate of drug-likeness (QED) is 0.777. The summed E-state index contributed by atoms with van der Waals surface area (Å²) in [5.74, 6) is 1.90. The highest BCUT2D eigenvalue weighted by molar-refractivity contribution is 7.99. The van der Waals surface area contributed by atoms with E-state index < -0.39 is 0 Å². The first-order valence-electron chi connectivity index (χ1n) is 7.42. The molecule has 1 atom stereocenters. The zero-order chi connectivity index (χ0) is 17.5. The lowest BCUT2D eigenvalue weighted by molar-refractivity contribution is -0.115. The first-order valence-corrected chi connectivity index (χ1v) is 8.85. The Hall–Kier alpha value is -1.85. The summed E-state index contributed by atoms with van der Waals surface area (Å²) < 4.78 is 10.4. The summed E-state index contributed by atoms with van der Waals surface area (Å²) in [6.45, 7) is 1.89. The van der Waals surface area contributed by atoms with E-state index in [4.69, 9.17) is 21.1 Å². The molecule has 0 radical (unpaired) electrons. The normalized spacial score (nSPS) is 11.7. The van der Waals surface area contributed by atoms with Crippen molar-refractivity contribution in [3.05, 3.63) is 53.1 Å². The van der Waals surface area contributed by atoms with Crippen molar-refractivity contribution in [2.45, 2.75) is 17.9 Å². The zero-order valence-electron chi connectivity index (χ0n) is 13.8. The number of rotatable bonds is 7. The van der Waals surface area contributed by atoms with Crippen LogP contribution in [0.3, 0.4) is 0 Å². The van der Waals surface area contributed by atoms with Gasteiger partial charge < -0.3 is 14.8 Å². The Bertz CT molecular complexity index is 691. The topological polar surface area (TPSA) is 47.6 Å². The molecular weight excluding hydrogens is 346 g/mol. The average molecular weight is 366 g/mol. The molecule has 128 valence electrons. The van der Waals surface area contributed by atoms with Crippen LogP contribution in [0.5, 0.6) is 11.5 Å². The summed E-state index contributed by atoms with van der Waals surface area (Å²) in [7, 11) is 3.14. The minimum atomic E-state index is -0.186. The minimum Gasteiger partial charge on any atom is -0.493 e. The number of nitrogens with one attached hydrogen (secondary N) is 1. The average Bonchev–Trinajstić information content (AvgIpc) is 2.60. The smallest absolute Gasteiger partial charge is 0.237 e. The number of hydrogen-bond acceptors (Lipinski definition) is 4. The highest BCUT2D eigenvalue weighted by atomic mass is 35.5. The van der Waals surface area contributed by atoms with Gasteiger partial charge in [0.15, 0.2) is 11.5 Å². The largest absolute Gasteiger partial charge is 0.493 e. The van der Waals surface area contributed by atoms with Gasteiger partial charge in [0.25, 0.3) is 0 Å². The molecule has 0 aromatic heterocycles. The molecule has 24 heavy (non-hydrogen) atoms. The maximum atomic E-state index is 12.3. The van der Waals surface area contributed by atoms with Crippen molar-refractivity contribution in [1.82, 2.24) is 0 Å². The lowest BCUT2D eigenvalue weighted by atomic mass is 10.2. The number of carbonyl (C=O) groups is 1. The van der Waals surface area contributed by atoms with E-state index in [9.17, 15) is 4.79 Å². The molecule has 4 nitrogen and oxygen atoms in total. The van der Waals surface area contributed by atoms with Gasteiger partial charge in [-0.15, -0.1) is 11.8 Å². The summed E-state index contributed by atoms with van der Waals surface area (Å²) in [4.78, 5) is 12.3. The van der Waals surface area contributed by atoms with Crippen LogP contribution in [0.2, 0.25) is 5.02 Å². The molecule has 2 rings (SSSR count). The number of carbonyl (C=O) groups excluding carboxylic acids is 1. The van der Waals surface area contributed by atoms with Crippen molar-refractivity contribution in [3.8, 4) is 11.5 Å². The summed E-state index contributed by atoms with van der Waals surface area (Å²) in [5.41, 5.74) is 1.81. The van der Waals surface area contributed by atoms with Gasteiger partial charge in [0.05, 0.1) is 19.5 Å². The molecule has 2 aromatic rings. The van der Waals surface area contributed by atoms with Gasteiger partial charge in [0.1, 0.15) is 0 Å². The Balaban J connectivity index is 1.92. The van der Waals surface area contributed by atoms with Gasteiger partial charge in [-0.25, -0.2) is 0 Å². The summed E-state index contributed by atoms with van der Waals surface area (Å²) in [6, 6.07) is 12.9. The van der Waals surface area contributed by atoms with Crippen LogP contribution in [0.1, 0.15) is 12.5 Å². The first-order chi connectivity index (χ1) is 11.5. The lowest BCUT2D eigenvalue weighted by Gasteiger charge is -2.14. The number of ether oxygens (including phenoxy) is 2. The Labute approximate surface area is 151 Å². The van der Waals surface area contributed by atoms with Crippen LogP contribution in [0.4, 0.5) is 5.69 Å². The van der Waals surface area contributed by atoms with Crippen LogP contribution in [0.25, 0.3) is 0 Å². The lowest BCUT2D eigenvalue weighted by Crippen LogP contribution is -2.22. The van der Waals surface area contributed by atoms with Crippen molar-refractivity contribution in [2.24, 2.45) is 0 Å². The molecule has 0 saturated heterocycles. The molecule has 0 spiro atoms. The number of thioether (sulfide) groups is 1. The van der Waals surface area contributed by atoms with Gasteiger partial charge in [0, 0.05) is 22.5 Å². The molecule has 6 heteroatoms. The van der Waals surface area contributed by atoms with Crippen molar-refractivity contribution in [1.29, 1.82) is 0 Å². The minimum absolute atomic E-state index is 0.0545. The number of amides is 1. The van der Waals surface area contributed by atoms with Crippen molar-refractivity contribution in [3.63, 3.8) is 0 Å². The fraction of sp³-hybridized carbons (Fsp3) is 0.278. The molecule has 0 aliphatic carbocycles. The Kier molecular flexibility index (Phi) is 6.82. The maximum Gasteiger partial charge on any atom is 0.237 e. The third-order valence-corrected chi connectivity index (χ3v) is 4.90. The van der Waals surface area contributed by atoms with Crippen molar-refractivity contribution < 1.29 is 14.3 Å². The third-order valence-electron chi connectivity index (χ3n) is 3.43. The fourth-order valence-corrected chi connectivity index (χ4v) is 3.01. The SMILES string of the molecule is COc1ccc(NC(=O)[C@@H](C)SCc2ccc(Cl)cc2)cc1OC. The van der Waals surface area contributed by atoms with E-state index in [-0.39, 0.29) is 11.2 Å². The van der Waals surface area contributed by atoms with Crippen LogP contribution < -0.4 is 14.8 Å². The van der Waals surface area contributed by atoms with Crippen molar-refractivity contribution >= 4 is 35.0 Å². The predicted molar refractivity (Wildman–Crippen MR) is 100 cm³/mol. The molecule has 0 heterocycles. The highest BCUT2D eigenvalue weighted by Gasteiger charge is 2.15. The van der Waals surface area contributed by atoms with E-state index in [0.29, 0.717) is 22.2 Å². The Morgan fingerprint density at radius 3 is 2.42 bits per heavy atom. The second kappa shape index (κ2) is 8.85. The van der Waals surface area contributed by atoms with E-state index in [2.05, 4.69) is 5.32 Å². The van der Waals surface area contributed by atoms with Gasteiger partial charge in [-0.05, 0) is 36.8 Å². The number of halogens is 1. The van der Waals surface area contributed by atoms with E-state index in [0.717, 1.165) is 11.3 Å². The number of hydrogen-bond donors (Lipinski definition) is 1. The molecule has 0 saturated carbocycles. The Morgan fingerprint density at radius 2 is 1.79 bits per heavy atom. The van der Waals surface area contributed by atoms with E-state index in [1.165, 1.54) is 0 Å². The third kappa shape index (κ3) is 5.08. The predicted octanol–water partition coefficient (Wildman–Crippen LogP) is 4.62. The second-order valence-corrected chi connectivity index (χ2v) is 6.90. The van der Waals surface area contributed by atoms with E-state index in [1.807, 2.05) is 31.2 Å². The molecule has 2 aromatic carbocycles. The second-order valence-electron chi connectivity index (χ2n) is 5.14. The van der Waals surface area contributed by atoms with Gasteiger partial charge >= 0.3 is 0 Å². The number of benzene rings is 2.